The summed E-state index contributed by atoms with van der Waals surface area (Å²) in [6, 6.07) is 15.7. The highest BCUT2D eigenvalue weighted by Gasteiger charge is 2.26. The van der Waals surface area contributed by atoms with E-state index < -0.39 is 21.7 Å². The van der Waals surface area contributed by atoms with Crippen molar-refractivity contribution in [1.29, 1.82) is 0 Å². The van der Waals surface area contributed by atoms with E-state index in [9.17, 15) is 17.6 Å². The average Bonchev–Trinajstić information content (AvgIpc) is 2.69. The Kier molecular flexibility index (Phi) is 6.77. The molecular weight excluding hydrogens is 381 g/mol. The largest absolute Gasteiger partial charge is 0.351 e. The number of carbonyl (C=O) groups excluding carboxylic acids is 1. The first-order valence-corrected chi connectivity index (χ1v) is 10.8. The van der Waals surface area contributed by atoms with Crippen LogP contribution in [0.1, 0.15) is 15.9 Å². The molecule has 0 bridgehead atoms. The zero-order valence-corrected chi connectivity index (χ0v) is 16.4. The third-order valence-electron chi connectivity index (χ3n) is 4.74. The highest BCUT2D eigenvalue weighted by Crippen LogP contribution is 2.12. The normalized spacial score (nSPS) is 16.0. The van der Waals surface area contributed by atoms with E-state index in [1.807, 2.05) is 18.2 Å². The zero-order valence-electron chi connectivity index (χ0n) is 15.6. The van der Waals surface area contributed by atoms with Crippen LogP contribution in [0.25, 0.3) is 0 Å². The van der Waals surface area contributed by atoms with Crippen molar-refractivity contribution in [2.24, 2.45) is 0 Å². The van der Waals surface area contributed by atoms with Crippen LogP contribution in [0.15, 0.2) is 54.6 Å². The van der Waals surface area contributed by atoms with Gasteiger partial charge in [0, 0.05) is 39.3 Å². The standard InChI is InChI=1S/C20H24FN3O3S/c21-19-9-5-4-8-18(19)20(25)22-10-15-28(26,27)24-13-11-23(12-14-24)16-17-6-2-1-3-7-17/h1-9H,10-16H2,(H,22,25). The second-order valence-electron chi connectivity index (χ2n) is 6.71. The third-order valence-corrected chi connectivity index (χ3v) is 6.61. The number of carbonyl (C=O) groups is 1. The van der Waals surface area contributed by atoms with Crippen LogP contribution in [0.2, 0.25) is 0 Å². The number of nitrogens with zero attached hydrogens (tertiary/aromatic N) is 2. The first-order chi connectivity index (χ1) is 13.5. The van der Waals surface area contributed by atoms with Crippen LogP contribution in [-0.4, -0.2) is 62.0 Å². The molecule has 0 unspecified atom stereocenters. The number of sulfonamides is 1. The molecule has 1 amide bonds. The molecule has 0 radical (unpaired) electrons. The van der Waals surface area contributed by atoms with Crippen molar-refractivity contribution in [3.05, 3.63) is 71.5 Å². The Morgan fingerprint density at radius 3 is 2.29 bits per heavy atom. The number of piperazine rings is 1. The second kappa shape index (κ2) is 9.27. The fourth-order valence-corrected chi connectivity index (χ4v) is 4.51. The van der Waals surface area contributed by atoms with Gasteiger partial charge in [0.15, 0.2) is 0 Å². The van der Waals surface area contributed by atoms with Gasteiger partial charge in [-0.3, -0.25) is 9.69 Å². The predicted molar refractivity (Wildman–Crippen MR) is 106 cm³/mol. The minimum Gasteiger partial charge on any atom is -0.351 e. The summed E-state index contributed by atoms with van der Waals surface area (Å²) >= 11 is 0. The van der Waals surface area contributed by atoms with Gasteiger partial charge >= 0.3 is 0 Å². The van der Waals surface area contributed by atoms with Crippen molar-refractivity contribution in [2.75, 3.05) is 38.5 Å². The second-order valence-corrected chi connectivity index (χ2v) is 8.80. The number of amides is 1. The Morgan fingerprint density at radius 2 is 1.61 bits per heavy atom. The van der Waals surface area contributed by atoms with E-state index >= 15 is 0 Å². The molecule has 6 nitrogen and oxygen atoms in total. The van der Waals surface area contributed by atoms with Crippen LogP contribution in [0.3, 0.4) is 0 Å². The number of hydrogen-bond donors (Lipinski definition) is 1. The number of hydrogen-bond acceptors (Lipinski definition) is 4. The van der Waals surface area contributed by atoms with Crippen LogP contribution in [0.4, 0.5) is 4.39 Å². The lowest BCUT2D eigenvalue weighted by molar-refractivity contribution is 0.0952. The van der Waals surface area contributed by atoms with Crippen molar-refractivity contribution in [2.45, 2.75) is 6.54 Å². The van der Waals surface area contributed by atoms with E-state index in [1.165, 1.54) is 28.1 Å². The number of rotatable bonds is 7. The Morgan fingerprint density at radius 1 is 0.964 bits per heavy atom. The van der Waals surface area contributed by atoms with Crippen molar-refractivity contribution in [1.82, 2.24) is 14.5 Å². The molecule has 1 heterocycles. The molecule has 0 aliphatic carbocycles. The van der Waals surface area contributed by atoms with Crippen LogP contribution >= 0.6 is 0 Å². The molecule has 1 aliphatic heterocycles. The molecule has 0 aromatic heterocycles. The lowest BCUT2D eigenvalue weighted by atomic mass is 10.2. The molecule has 8 heteroatoms. The topological polar surface area (TPSA) is 69.7 Å². The van der Waals surface area contributed by atoms with E-state index in [4.69, 9.17) is 0 Å². The van der Waals surface area contributed by atoms with E-state index in [1.54, 1.807) is 6.07 Å². The zero-order chi connectivity index (χ0) is 20.0. The van der Waals surface area contributed by atoms with Gasteiger partial charge in [-0.1, -0.05) is 42.5 Å². The van der Waals surface area contributed by atoms with Gasteiger partial charge in [-0.05, 0) is 17.7 Å². The predicted octanol–water partition coefficient (Wildman–Crippen LogP) is 1.70. The maximum Gasteiger partial charge on any atom is 0.254 e. The fraction of sp³-hybridized carbons (Fsp3) is 0.350. The summed E-state index contributed by atoms with van der Waals surface area (Å²) in [4.78, 5) is 14.2. The Balaban J connectivity index is 1.45. The van der Waals surface area contributed by atoms with Gasteiger partial charge in [-0.15, -0.1) is 0 Å². The molecule has 3 rings (SSSR count). The summed E-state index contributed by atoms with van der Waals surface area (Å²) < 4.78 is 40.1. The van der Waals surface area contributed by atoms with E-state index in [2.05, 4.69) is 22.3 Å². The van der Waals surface area contributed by atoms with Crippen molar-refractivity contribution in [3.8, 4) is 0 Å². The molecule has 0 atom stereocenters. The summed E-state index contributed by atoms with van der Waals surface area (Å²) in [6.07, 6.45) is 0. The SMILES string of the molecule is O=C(NCCS(=O)(=O)N1CCN(Cc2ccccc2)CC1)c1ccccc1F. The molecule has 0 saturated carbocycles. The van der Waals surface area contributed by atoms with Crippen molar-refractivity contribution >= 4 is 15.9 Å². The lowest BCUT2D eigenvalue weighted by Crippen LogP contribution is -2.49. The molecular formula is C20H24FN3O3S. The molecule has 150 valence electrons. The van der Waals surface area contributed by atoms with Gasteiger partial charge in [-0.2, -0.15) is 4.31 Å². The smallest absolute Gasteiger partial charge is 0.254 e. The Hall–Kier alpha value is -2.29. The molecule has 1 aliphatic rings. The van der Waals surface area contributed by atoms with Gasteiger partial charge in [0.25, 0.3) is 5.91 Å². The summed E-state index contributed by atoms with van der Waals surface area (Å²) in [5.41, 5.74) is 1.11. The molecule has 2 aromatic carbocycles. The van der Waals surface area contributed by atoms with Crippen molar-refractivity contribution < 1.29 is 17.6 Å². The van der Waals surface area contributed by atoms with Crippen LogP contribution in [0.5, 0.6) is 0 Å². The van der Waals surface area contributed by atoms with Crippen molar-refractivity contribution in [3.63, 3.8) is 0 Å². The van der Waals surface area contributed by atoms with Crippen LogP contribution in [0, 0.1) is 5.82 Å². The van der Waals surface area contributed by atoms with E-state index in [0.29, 0.717) is 26.2 Å². The minimum absolute atomic E-state index is 0.0558. The molecule has 0 spiro atoms. The first-order valence-electron chi connectivity index (χ1n) is 9.22. The minimum atomic E-state index is -3.47. The number of nitrogens with one attached hydrogen (secondary N) is 1. The van der Waals surface area contributed by atoms with E-state index in [-0.39, 0.29) is 17.9 Å². The number of halogens is 1. The maximum atomic E-state index is 13.6. The molecule has 1 N–H and O–H groups in total. The van der Waals surface area contributed by atoms with E-state index in [0.717, 1.165) is 6.54 Å². The molecule has 1 fully saturated rings. The monoisotopic (exact) mass is 405 g/mol. The number of benzene rings is 2. The first kappa shape index (κ1) is 20.4. The molecule has 1 saturated heterocycles. The summed E-state index contributed by atoms with van der Waals surface area (Å²) in [5.74, 6) is -1.44. The molecule has 28 heavy (non-hydrogen) atoms. The molecule has 2 aromatic rings. The van der Waals surface area contributed by atoms with Gasteiger partial charge in [0.05, 0.1) is 11.3 Å². The van der Waals surface area contributed by atoms with Crippen LogP contribution in [-0.2, 0) is 16.6 Å². The third kappa shape index (κ3) is 5.37. The van der Waals surface area contributed by atoms with Gasteiger partial charge in [0.1, 0.15) is 5.82 Å². The summed E-state index contributed by atoms with van der Waals surface area (Å²) in [5, 5.41) is 2.48. The maximum absolute atomic E-state index is 13.6. The Labute approximate surface area is 165 Å². The highest BCUT2D eigenvalue weighted by atomic mass is 32.2. The highest BCUT2D eigenvalue weighted by molar-refractivity contribution is 7.89. The fourth-order valence-electron chi connectivity index (χ4n) is 3.17. The Bertz CT molecular complexity index is 898. The van der Waals surface area contributed by atoms with Crippen LogP contribution < -0.4 is 5.32 Å². The van der Waals surface area contributed by atoms with Gasteiger partial charge in [0.2, 0.25) is 10.0 Å². The lowest BCUT2D eigenvalue weighted by Gasteiger charge is -2.34. The summed E-state index contributed by atoms with van der Waals surface area (Å²) in [7, 11) is -3.47. The quantitative estimate of drug-likeness (QED) is 0.761. The van der Waals surface area contributed by atoms with Gasteiger partial charge < -0.3 is 5.32 Å². The average molecular weight is 405 g/mol. The summed E-state index contributed by atoms with van der Waals surface area (Å²) in [6.45, 7) is 2.92. The van der Waals surface area contributed by atoms with Gasteiger partial charge in [-0.25, -0.2) is 12.8 Å².